The number of hydrogen-bond donors (Lipinski definition) is 1. The maximum Gasteiger partial charge on any atom is 0.0403 e. The van der Waals surface area contributed by atoms with Crippen molar-refractivity contribution in [2.45, 2.75) is 44.7 Å². The molecule has 1 N–H and O–H groups in total. The van der Waals surface area contributed by atoms with Crippen molar-refractivity contribution in [3.05, 3.63) is 24.3 Å². The van der Waals surface area contributed by atoms with Gasteiger partial charge in [-0.1, -0.05) is 0 Å². The van der Waals surface area contributed by atoms with Crippen molar-refractivity contribution in [3.63, 3.8) is 0 Å². The largest absolute Gasteiger partial charge is 0.381 e. The lowest BCUT2D eigenvalue weighted by Crippen LogP contribution is -2.29. The first kappa shape index (κ1) is 13.7. The summed E-state index contributed by atoms with van der Waals surface area (Å²) in [4.78, 5) is 4.94. The number of likely N-dealkylation sites (tertiary alicyclic amines) is 1. The Bertz CT molecular complexity index is 412. The van der Waals surface area contributed by atoms with E-state index in [1.807, 2.05) is 0 Å². The van der Waals surface area contributed by atoms with Gasteiger partial charge in [-0.2, -0.15) is 0 Å². The first-order valence-corrected chi connectivity index (χ1v) is 8.04. The second-order valence-electron chi connectivity index (χ2n) is 6.46. The van der Waals surface area contributed by atoms with E-state index in [4.69, 9.17) is 0 Å². The highest BCUT2D eigenvalue weighted by atomic mass is 15.2. The Kier molecular flexibility index (Phi) is 4.16. The topological polar surface area (TPSA) is 18.5 Å². The van der Waals surface area contributed by atoms with E-state index in [1.165, 1.54) is 50.1 Å². The highest BCUT2D eigenvalue weighted by Crippen LogP contribution is 2.24. The van der Waals surface area contributed by atoms with Gasteiger partial charge in [0.25, 0.3) is 0 Å². The molecule has 1 aromatic carbocycles. The second kappa shape index (κ2) is 6.04. The molecule has 20 heavy (non-hydrogen) atoms. The van der Waals surface area contributed by atoms with Crippen LogP contribution < -0.4 is 10.2 Å². The summed E-state index contributed by atoms with van der Waals surface area (Å²) in [7, 11) is 2.21. The predicted octanol–water partition coefficient (Wildman–Crippen LogP) is 3.18. The fourth-order valence-corrected chi connectivity index (χ4v) is 3.45. The predicted molar refractivity (Wildman–Crippen MR) is 86.6 cm³/mol. The molecular formula is C17H27N3. The molecule has 110 valence electrons. The number of nitrogens with zero attached hydrogens (tertiary/aromatic N) is 2. The van der Waals surface area contributed by atoms with Gasteiger partial charge in [-0.25, -0.2) is 0 Å². The lowest BCUT2D eigenvalue weighted by molar-refractivity contribution is 0.330. The van der Waals surface area contributed by atoms with E-state index < -0.39 is 0 Å². The van der Waals surface area contributed by atoms with Crippen LogP contribution in [0.1, 0.15) is 32.6 Å². The fraction of sp³-hybridized carbons (Fsp3) is 0.647. The van der Waals surface area contributed by atoms with E-state index in [0.29, 0.717) is 12.1 Å². The zero-order chi connectivity index (χ0) is 13.9. The van der Waals surface area contributed by atoms with Gasteiger partial charge in [0, 0.05) is 43.1 Å². The molecule has 0 aromatic heterocycles. The molecule has 3 heteroatoms. The van der Waals surface area contributed by atoms with Crippen LogP contribution in [-0.2, 0) is 0 Å². The minimum absolute atomic E-state index is 0.593. The molecule has 0 saturated carbocycles. The maximum atomic E-state index is 3.67. The summed E-state index contributed by atoms with van der Waals surface area (Å²) in [6.45, 7) is 5.89. The third-order valence-corrected chi connectivity index (χ3v) is 4.85. The Morgan fingerprint density at radius 1 is 1.05 bits per heavy atom. The molecule has 2 saturated heterocycles. The summed E-state index contributed by atoms with van der Waals surface area (Å²) in [5.41, 5.74) is 2.64. The van der Waals surface area contributed by atoms with E-state index >= 15 is 0 Å². The minimum atomic E-state index is 0.593. The molecule has 0 aliphatic carbocycles. The molecule has 2 aliphatic rings. The molecule has 0 spiro atoms. The van der Waals surface area contributed by atoms with Crippen LogP contribution in [0.25, 0.3) is 0 Å². The van der Waals surface area contributed by atoms with Crippen LogP contribution in [0.15, 0.2) is 24.3 Å². The van der Waals surface area contributed by atoms with Crippen molar-refractivity contribution >= 4 is 11.4 Å². The van der Waals surface area contributed by atoms with Gasteiger partial charge < -0.3 is 15.1 Å². The lowest BCUT2D eigenvalue weighted by Gasteiger charge is -2.29. The van der Waals surface area contributed by atoms with Gasteiger partial charge >= 0.3 is 0 Å². The number of hydrogen-bond acceptors (Lipinski definition) is 3. The molecule has 0 bridgehead atoms. The van der Waals surface area contributed by atoms with Gasteiger partial charge in [-0.15, -0.1) is 0 Å². The zero-order valence-electron chi connectivity index (χ0n) is 12.8. The third-order valence-electron chi connectivity index (χ3n) is 4.85. The van der Waals surface area contributed by atoms with Gasteiger partial charge in [0.1, 0.15) is 0 Å². The van der Waals surface area contributed by atoms with Crippen molar-refractivity contribution < 1.29 is 0 Å². The van der Waals surface area contributed by atoms with Crippen LogP contribution in [0, 0.1) is 0 Å². The highest BCUT2D eigenvalue weighted by Gasteiger charge is 2.25. The monoisotopic (exact) mass is 273 g/mol. The van der Waals surface area contributed by atoms with Crippen LogP contribution in [0.3, 0.4) is 0 Å². The Morgan fingerprint density at radius 3 is 2.35 bits per heavy atom. The first-order chi connectivity index (χ1) is 9.72. The molecule has 2 aliphatic heterocycles. The van der Waals surface area contributed by atoms with Crippen LogP contribution in [0.4, 0.5) is 11.4 Å². The number of rotatable bonds is 3. The molecule has 3 rings (SSSR count). The van der Waals surface area contributed by atoms with Crippen molar-refractivity contribution in [2.24, 2.45) is 0 Å². The lowest BCUT2D eigenvalue weighted by atomic mass is 10.1. The van der Waals surface area contributed by atoms with E-state index in [1.54, 1.807) is 0 Å². The molecule has 1 aromatic rings. The standard InChI is InChI=1S/C17H27N3/c1-14-12-16(13-19(14)2)18-15-6-8-17(9-7-15)20-10-4-3-5-11-20/h6-9,14,16,18H,3-5,10-13H2,1-2H3. The van der Waals surface area contributed by atoms with Crippen LogP contribution in [-0.4, -0.2) is 43.7 Å². The minimum Gasteiger partial charge on any atom is -0.381 e. The van der Waals surface area contributed by atoms with Gasteiger partial charge in [0.15, 0.2) is 0 Å². The van der Waals surface area contributed by atoms with Gasteiger partial charge in [0.05, 0.1) is 0 Å². The van der Waals surface area contributed by atoms with Crippen LogP contribution in [0.2, 0.25) is 0 Å². The average molecular weight is 273 g/mol. The SMILES string of the molecule is CC1CC(Nc2ccc(N3CCCCC3)cc2)CN1C. The molecular weight excluding hydrogens is 246 g/mol. The molecule has 3 nitrogen and oxygen atoms in total. The summed E-state index contributed by atoms with van der Waals surface area (Å²) in [5.74, 6) is 0. The smallest absolute Gasteiger partial charge is 0.0403 e. The number of nitrogens with one attached hydrogen (secondary N) is 1. The van der Waals surface area contributed by atoms with E-state index in [9.17, 15) is 0 Å². The van der Waals surface area contributed by atoms with E-state index in [0.717, 1.165) is 6.54 Å². The second-order valence-corrected chi connectivity index (χ2v) is 6.46. The molecule has 0 amide bonds. The Hall–Kier alpha value is -1.22. The van der Waals surface area contributed by atoms with E-state index in [-0.39, 0.29) is 0 Å². The maximum absolute atomic E-state index is 3.67. The quantitative estimate of drug-likeness (QED) is 0.912. The summed E-state index contributed by atoms with van der Waals surface area (Å²) in [6.07, 6.45) is 5.31. The number of benzene rings is 1. The van der Waals surface area contributed by atoms with Crippen LogP contribution in [0.5, 0.6) is 0 Å². The third kappa shape index (κ3) is 3.09. The first-order valence-electron chi connectivity index (χ1n) is 8.04. The van der Waals surface area contributed by atoms with E-state index in [2.05, 4.69) is 53.4 Å². The summed E-state index contributed by atoms with van der Waals surface area (Å²) in [5, 5.41) is 3.67. The summed E-state index contributed by atoms with van der Waals surface area (Å²) in [6, 6.07) is 10.3. The van der Waals surface area contributed by atoms with Crippen molar-refractivity contribution in [2.75, 3.05) is 36.9 Å². The average Bonchev–Trinajstić information content (AvgIpc) is 2.79. The molecule has 2 unspecified atom stereocenters. The highest BCUT2D eigenvalue weighted by molar-refractivity contribution is 5.55. The summed E-state index contributed by atoms with van der Waals surface area (Å²) < 4.78 is 0. The normalized spacial score (nSPS) is 27.8. The van der Waals surface area contributed by atoms with Crippen molar-refractivity contribution in [1.29, 1.82) is 0 Å². The van der Waals surface area contributed by atoms with Gasteiger partial charge in [-0.3, -0.25) is 0 Å². The van der Waals surface area contributed by atoms with Gasteiger partial charge in [0.2, 0.25) is 0 Å². The molecule has 2 heterocycles. The Balaban J connectivity index is 1.58. The zero-order valence-corrected chi connectivity index (χ0v) is 12.8. The van der Waals surface area contributed by atoms with Crippen LogP contribution >= 0.6 is 0 Å². The number of piperidine rings is 1. The van der Waals surface area contributed by atoms with Crippen molar-refractivity contribution in [3.8, 4) is 0 Å². The fourth-order valence-electron chi connectivity index (χ4n) is 3.45. The Labute approximate surface area is 123 Å². The molecule has 0 radical (unpaired) electrons. The Morgan fingerprint density at radius 2 is 1.75 bits per heavy atom. The molecule has 2 fully saturated rings. The van der Waals surface area contributed by atoms with Gasteiger partial charge in [-0.05, 0) is 63.9 Å². The molecule has 2 atom stereocenters. The van der Waals surface area contributed by atoms with Crippen molar-refractivity contribution in [1.82, 2.24) is 4.90 Å². The number of likely N-dealkylation sites (N-methyl/N-ethyl adjacent to an activating group) is 1. The number of anilines is 2. The summed E-state index contributed by atoms with van der Waals surface area (Å²) >= 11 is 0.